The summed E-state index contributed by atoms with van der Waals surface area (Å²) in [5, 5.41) is 12.7. The quantitative estimate of drug-likeness (QED) is 0.662. The van der Waals surface area contributed by atoms with Crippen molar-refractivity contribution in [3.63, 3.8) is 0 Å². The molecule has 4 nitrogen and oxygen atoms in total. The van der Waals surface area contributed by atoms with Gasteiger partial charge in [0.1, 0.15) is 0 Å². The molecule has 1 unspecified atom stereocenters. The summed E-state index contributed by atoms with van der Waals surface area (Å²) in [6, 6.07) is 0. The van der Waals surface area contributed by atoms with Gasteiger partial charge in [-0.25, -0.2) is 0 Å². The van der Waals surface area contributed by atoms with E-state index in [-0.39, 0.29) is 23.9 Å². The van der Waals surface area contributed by atoms with Crippen LogP contribution in [0.1, 0.15) is 39.5 Å². The van der Waals surface area contributed by atoms with E-state index < -0.39 is 0 Å². The van der Waals surface area contributed by atoms with Gasteiger partial charge in [0.05, 0.1) is 12.5 Å². The SMILES string of the molecule is CCOC(=O)C(C)CNCC1(CO)CCCC1. The number of nitrogens with one attached hydrogen (secondary N) is 1. The van der Waals surface area contributed by atoms with E-state index in [0.29, 0.717) is 13.2 Å². The Kier molecular flexibility index (Phi) is 5.92. The van der Waals surface area contributed by atoms with Crippen LogP contribution in [0.2, 0.25) is 0 Å². The molecule has 0 amide bonds. The van der Waals surface area contributed by atoms with E-state index in [4.69, 9.17) is 4.74 Å². The summed E-state index contributed by atoms with van der Waals surface area (Å²) in [7, 11) is 0. The largest absolute Gasteiger partial charge is 0.466 e. The van der Waals surface area contributed by atoms with Gasteiger partial charge in [-0.2, -0.15) is 0 Å². The molecule has 100 valence electrons. The Bertz CT molecular complexity index is 237. The van der Waals surface area contributed by atoms with Gasteiger partial charge in [0.2, 0.25) is 0 Å². The number of carbonyl (C=O) groups is 1. The summed E-state index contributed by atoms with van der Waals surface area (Å²) >= 11 is 0. The summed E-state index contributed by atoms with van der Waals surface area (Å²) in [6.45, 7) is 5.79. The Morgan fingerprint density at radius 1 is 1.47 bits per heavy atom. The lowest BCUT2D eigenvalue weighted by atomic mass is 9.87. The molecule has 2 N–H and O–H groups in total. The maximum atomic E-state index is 11.4. The van der Waals surface area contributed by atoms with Crippen LogP contribution in [0.15, 0.2) is 0 Å². The second-order valence-electron chi connectivity index (χ2n) is 5.15. The average molecular weight is 243 g/mol. The summed E-state index contributed by atoms with van der Waals surface area (Å²) in [4.78, 5) is 11.4. The first kappa shape index (κ1) is 14.5. The highest BCUT2D eigenvalue weighted by molar-refractivity contribution is 5.72. The van der Waals surface area contributed by atoms with Gasteiger partial charge >= 0.3 is 5.97 Å². The van der Waals surface area contributed by atoms with Gasteiger partial charge < -0.3 is 15.2 Å². The highest BCUT2D eigenvalue weighted by Crippen LogP contribution is 2.36. The molecule has 0 saturated heterocycles. The molecule has 0 radical (unpaired) electrons. The van der Waals surface area contributed by atoms with Crippen molar-refractivity contribution < 1.29 is 14.6 Å². The number of hydrogen-bond donors (Lipinski definition) is 2. The molecule has 4 heteroatoms. The molecule has 1 atom stereocenters. The first-order valence-electron chi connectivity index (χ1n) is 6.62. The molecule has 1 rings (SSSR count). The van der Waals surface area contributed by atoms with Gasteiger partial charge in [-0.3, -0.25) is 4.79 Å². The molecule has 0 aromatic carbocycles. The molecule has 0 spiro atoms. The van der Waals surface area contributed by atoms with Gasteiger partial charge in [0.15, 0.2) is 0 Å². The van der Waals surface area contributed by atoms with Crippen molar-refractivity contribution >= 4 is 5.97 Å². The van der Waals surface area contributed by atoms with Crippen molar-refractivity contribution in [2.24, 2.45) is 11.3 Å². The van der Waals surface area contributed by atoms with Crippen LogP contribution in [-0.2, 0) is 9.53 Å². The normalized spacial score (nSPS) is 20.2. The first-order chi connectivity index (χ1) is 8.13. The van der Waals surface area contributed by atoms with Crippen LogP contribution in [0.3, 0.4) is 0 Å². The molecule has 17 heavy (non-hydrogen) atoms. The smallest absolute Gasteiger partial charge is 0.309 e. The van der Waals surface area contributed by atoms with E-state index in [1.54, 1.807) is 0 Å². The minimum absolute atomic E-state index is 0.0500. The third-order valence-electron chi connectivity index (χ3n) is 3.64. The number of hydrogen-bond acceptors (Lipinski definition) is 4. The molecular formula is C13H25NO3. The van der Waals surface area contributed by atoms with Crippen molar-refractivity contribution in [2.75, 3.05) is 26.3 Å². The molecule has 1 saturated carbocycles. The molecule has 0 bridgehead atoms. The zero-order chi connectivity index (χ0) is 12.7. The van der Waals surface area contributed by atoms with Crippen LogP contribution in [0.4, 0.5) is 0 Å². The maximum Gasteiger partial charge on any atom is 0.309 e. The number of rotatable bonds is 7. The molecule has 0 aromatic rings. The van der Waals surface area contributed by atoms with E-state index in [1.807, 2.05) is 13.8 Å². The van der Waals surface area contributed by atoms with E-state index in [1.165, 1.54) is 12.8 Å². The van der Waals surface area contributed by atoms with Gasteiger partial charge in [-0.05, 0) is 19.8 Å². The van der Waals surface area contributed by atoms with Crippen molar-refractivity contribution in [3.05, 3.63) is 0 Å². The molecule has 0 aromatic heterocycles. The molecule has 0 aliphatic heterocycles. The highest BCUT2D eigenvalue weighted by Gasteiger charge is 2.32. The number of esters is 1. The average Bonchev–Trinajstić information content (AvgIpc) is 2.78. The van der Waals surface area contributed by atoms with Crippen LogP contribution < -0.4 is 5.32 Å². The molecule has 1 aliphatic carbocycles. The Balaban J connectivity index is 2.24. The standard InChI is InChI=1S/C13H25NO3/c1-3-17-12(16)11(2)8-14-9-13(10-15)6-4-5-7-13/h11,14-15H,3-10H2,1-2H3. The Morgan fingerprint density at radius 2 is 2.12 bits per heavy atom. The fourth-order valence-corrected chi connectivity index (χ4v) is 2.44. The first-order valence-corrected chi connectivity index (χ1v) is 6.62. The zero-order valence-electron chi connectivity index (χ0n) is 11.0. The summed E-state index contributed by atoms with van der Waals surface area (Å²) < 4.78 is 4.95. The maximum absolute atomic E-state index is 11.4. The topological polar surface area (TPSA) is 58.6 Å². The van der Waals surface area contributed by atoms with Gasteiger partial charge in [-0.1, -0.05) is 19.8 Å². The number of carbonyl (C=O) groups excluding carboxylic acids is 1. The van der Waals surface area contributed by atoms with E-state index >= 15 is 0 Å². The third-order valence-corrected chi connectivity index (χ3v) is 3.64. The number of aliphatic hydroxyl groups is 1. The van der Waals surface area contributed by atoms with Crippen molar-refractivity contribution in [1.29, 1.82) is 0 Å². The highest BCUT2D eigenvalue weighted by atomic mass is 16.5. The van der Waals surface area contributed by atoms with E-state index in [9.17, 15) is 9.90 Å². The second-order valence-corrected chi connectivity index (χ2v) is 5.15. The Morgan fingerprint density at radius 3 is 2.65 bits per heavy atom. The van der Waals surface area contributed by atoms with E-state index in [0.717, 1.165) is 19.4 Å². The lowest BCUT2D eigenvalue weighted by Gasteiger charge is -2.27. The van der Waals surface area contributed by atoms with Crippen molar-refractivity contribution in [3.8, 4) is 0 Å². The fraction of sp³-hybridized carbons (Fsp3) is 0.923. The summed E-state index contributed by atoms with van der Waals surface area (Å²) in [5.74, 6) is -0.267. The molecule has 0 heterocycles. The van der Waals surface area contributed by atoms with E-state index in [2.05, 4.69) is 5.32 Å². The number of aliphatic hydroxyl groups excluding tert-OH is 1. The predicted molar refractivity (Wildman–Crippen MR) is 66.7 cm³/mol. The van der Waals surface area contributed by atoms with Crippen LogP contribution in [0, 0.1) is 11.3 Å². The van der Waals surface area contributed by atoms with Gasteiger partial charge in [0.25, 0.3) is 0 Å². The molecule has 1 fully saturated rings. The zero-order valence-corrected chi connectivity index (χ0v) is 11.0. The third kappa shape index (κ3) is 4.28. The molecule has 1 aliphatic rings. The summed E-state index contributed by atoms with van der Waals surface area (Å²) in [6.07, 6.45) is 4.58. The van der Waals surface area contributed by atoms with Crippen LogP contribution >= 0.6 is 0 Å². The monoisotopic (exact) mass is 243 g/mol. The van der Waals surface area contributed by atoms with Crippen molar-refractivity contribution in [1.82, 2.24) is 5.32 Å². The Hall–Kier alpha value is -0.610. The predicted octanol–water partition coefficient (Wildman–Crippen LogP) is 1.33. The molecular weight excluding hydrogens is 218 g/mol. The lowest BCUT2D eigenvalue weighted by molar-refractivity contribution is -0.147. The summed E-state index contributed by atoms with van der Waals surface area (Å²) in [5.41, 5.74) is 0.0500. The minimum Gasteiger partial charge on any atom is -0.466 e. The van der Waals surface area contributed by atoms with Crippen LogP contribution in [0.25, 0.3) is 0 Å². The second kappa shape index (κ2) is 6.97. The van der Waals surface area contributed by atoms with Gasteiger partial charge in [0, 0.05) is 25.1 Å². The fourth-order valence-electron chi connectivity index (χ4n) is 2.44. The van der Waals surface area contributed by atoms with Crippen LogP contribution in [0.5, 0.6) is 0 Å². The van der Waals surface area contributed by atoms with Crippen molar-refractivity contribution in [2.45, 2.75) is 39.5 Å². The number of ether oxygens (including phenoxy) is 1. The Labute approximate surface area is 104 Å². The van der Waals surface area contributed by atoms with Gasteiger partial charge in [-0.15, -0.1) is 0 Å². The minimum atomic E-state index is -0.149. The van der Waals surface area contributed by atoms with Crippen LogP contribution in [-0.4, -0.2) is 37.4 Å². The lowest BCUT2D eigenvalue weighted by Crippen LogP contribution is -2.38.